The lowest BCUT2D eigenvalue weighted by Gasteiger charge is -2.04. The third-order valence-corrected chi connectivity index (χ3v) is 1.47. The zero-order chi connectivity index (χ0) is 14.0. The van der Waals surface area contributed by atoms with Crippen LogP contribution in [0.15, 0.2) is 36.8 Å². The van der Waals surface area contributed by atoms with Gasteiger partial charge in [-0.15, -0.1) is 0 Å². The fourth-order valence-corrected chi connectivity index (χ4v) is 0.841. The maximum Gasteiger partial charge on any atom is 0.337 e. The number of esters is 2. The van der Waals surface area contributed by atoms with Crippen molar-refractivity contribution in [2.45, 2.75) is 0 Å². The topological polar surface area (TPSA) is 71.1 Å². The monoisotopic (exact) mass is 256 g/mol. The Morgan fingerprint density at radius 1 is 0.889 bits per heavy atom. The number of methoxy groups -OCH3 is 2. The van der Waals surface area contributed by atoms with Gasteiger partial charge in [-0.2, -0.15) is 0 Å². The lowest BCUT2D eigenvalue weighted by atomic mass is 10.4. The minimum Gasteiger partial charge on any atom is -0.425 e. The van der Waals surface area contributed by atoms with E-state index >= 15 is 0 Å². The summed E-state index contributed by atoms with van der Waals surface area (Å²) in [5.74, 6) is -0.981. The Bertz CT molecular complexity index is 322. The van der Waals surface area contributed by atoms with Gasteiger partial charge in [-0.05, 0) is 12.2 Å². The standard InChI is InChI=1S/C12H16O6/c1-9(17-11(13)7-15-3)5-6-10(2)18-12(14)8-16-4/h5-6H,1-2,7-8H2,3-4H3/b6-5-. The Morgan fingerprint density at radius 3 is 1.50 bits per heavy atom. The number of carbonyl (C=O) groups excluding carboxylic acids is 2. The van der Waals surface area contributed by atoms with Crippen molar-refractivity contribution in [1.29, 1.82) is 0 Å². The van der Waals surface area contributed by atoms with Crippen molar-refractivity contribution >= 4 is 11.9 Å². The van der Waals surface area contributed by atoms with Crippen molar-refractivity contribution in [1.82, 2.24) is 0 Å². The molecule has 0 unspecified atom stereocenters. The molecule has 18 heavy (non-hydrogen) atoms. The normalized spacial score (nSPS) is 10.1. The van der Waals surface area contributed by atoms with Gasteiger partial charge in [0.15, 0.2) is 0 Å². The predicted octanol–water partition coefficient (Wildman–Crippen LogP) is 0.949. The summed E-state index contributed by atoms with van der Waals surface area (Å²) in [6.07, 6.45) is 2.69. The van der Waals surface area contributed by atoms with Crippen LogP contribution >= 0.6 is 0 Å². The quantitative estimate of drug-likeness (QED) is 0.366. The lowest BCUT2D eigenvalue weighted by molar-refractivity contribution is -0.144. The van der Waals surface area contributed by atoms with Gasteiger partial charge in [0, 0.05) is 14.2 Å². The molecule has 0 saturated heterocycles. The first-order valence-corrected chi connectivity index (χ1v) is 4.94. The highest BCUT2D eigenvalue weighted by atomic mass is 16.6. The van der Waals surface area contributed by atoms with E-state index in [2.05, 4.69) is 22.6 Å². The van der Waals surface area contributed by atoms with E-state index < -0.39 is 11.9 Å². The van der Waals surface area contributed by atoms with Crippen LogP contribution in [-0.4, -0.2) is 39.4 Å². The van der Waals surface area contributed by atoms with Crippen LogP contribution < -0.4 is 0 Å². The summed E-state index contributed by atoms with van der Waals surface area (Å²) in [4.78, 5) is 22.0. The summed E-state index contributed by atoms with van der Waals surface area (Å²) >= 11 is 0. The number of rotatable bonds is 8. The molecule has 0 aromatic carbocycles. The Hall–Kier alpha value is -1.92. The van der Waals surface area contributed by atoms with Crippen LogP contribution in [0, 0.1) is 0 Å². The third-order valence-electron chi connectivity index (χ3n) is 1.47. The summed E-state index contributed by atoms with van der Waals surface area (Å²) in [5, 5.41) is 0. The van der Waals surface area contributed by atoms with E-state index in [1.165, 1.54) is 26.4 Å². The molecule has 0 bridgehead atoms. The van der Waals surface area contributed by atoms with Gasteiger partial charge in [0.2, 0.25) is 0 Å². The zero-order valence-electron chi connectivity index (χ0n) is 10.4. The summed E-state index contributed by atoms with van der Waals surface area (Å²) < 4.78 is 18.6. The van der Waals surface area contributed by atoms with Crippen molar-refractivity contribution in [2.24, 2.45) is 0 Å². The molecule has 6 nitrogen and oxygen atoms in total. The maximum absolute atomic E-state index is 11.0. The molecular formula is C12H16O6. The van der Waals surface area contributed by atoms with E-state index in [1.54, 1.807) is 0 Å². The van der Waals surface area contributed by atoms with Crippen LogP contribution in [0.4, 0.5) is 0 Å². The average Bonchev–Trinajstić information content (AvgIpc) is 2.27. The van der Waals surface area contributed by atoms with Crippen LogP contribution in [0.1, 0.15) is 0 Å². The minimum absolute atomic E-state index is 0.0843. The van der Waals surface area contributed by atoms with Crippen molar-refractivity contribution < 1.29 is 28.5 Å². The maximum atomic E-state index is 11.0. The number of ether oxygens (including phenoxy) is 4. The first kappa shape index (κ1) is 16.1. The first-order chi connectivity index (χ1) is 8.49. The zero-order valence-corrected chi connectivity index (χ0v) is 10.4. The first-order valence-electron chi connectivity index (χ1n) is 4.94. The van der Waals surface area contributed by atoms with E-state index in [9.17, 15) is 9.59 Å². The molecule has 0 heterocycles. The van der Waals surface area contributed by atoms with Crippen LogP contribution in [-0.2, 0) is 28.5 Å². The Labute approximate surface area is 105 Å². The molecule has 6 heteroatoms. The van der Waals surface area contributed by atoms with Gasteiger partial charge in [-0.1, -0.05) is 13.2 Å². The van der Waals surface area contributed by atoms with E-state index in [-0.39, 0.29) is 24.7 Å². The van der Waals surface area contributed by atoms with Gasteiger partial charge >= 0.3 is 11.9 Å². The van der Waals surface area contributed by atoms with Crippen molar-refractivity contribution in [3.05, 3.63) is 36.8 Å². The van der Waals surface area contributed by atoms with Gasteiger partial charge in [0.05, 0.1) is 0 Å². The highest BCUT2D eigenvalue weighted by molar-refractivity contribution is 5.72. The summed E-state index contributed by atoms with van der Waals surface area (Å²) in [5.41, 5.74) is 0. The largest absolute Gasteiger partial charge is 0.425 e. The molecule has 0 aromatic rings. The van der Waals surface area contributed by atoms with Crippen LogP contribution in [0.2, 0.25) is 0 Å². The summed E-state index contributed by atoms with van der Waals surface area (Å²) in [7, 11) is 2.74. The second kappa shape index (κ2) is 9.15. The second-order valence-electron chi connectivity index (χ2n) is 3.08. The SMILES string of the molecule is C=C(/C=C\C(=C)OC(=O)COC)OC(=O)COC. The molecule has 0 N–H and O–H groups in total. The second-order valence-corrected chi connectivity index (χ2v) is 3.08. The molecular weight excluding hydrogens is 240 g/mol. The minimum atomic E-state index is -0.575. The molecule has 100 valence electrons. The number of hydrogen-bond acceptors (Lipinski definition) is 6. The molecule has 0 amide bonds. The van der Waals surface area contributed by atoms with Gasteiger partial charge in [0.1, 0.15) is 24.7 Å². The average molecular weight is 256 g/mol. The number of hydrogen-bond donors (Lipinski definition) is 0. The molecule has 0 aromatic heterocycles. The highest BCUT2D eigenvalue weighted by Gasteiger charge is 2.04. The van der Waals surface area contributed by atoms with Gasteiger partial charge in [-0.3, -0.25) is 0 Å². The lowest BCUT2D eigenvalue weighted by Crippen LogP contribution is -2.10. The van der Waals surface area contributed by atoms with Crippen molar-refractivity contribution in [3.63, 3.8) is 0 Å². The van der Waals surface area contributed by atoms with Crippen molar-refractivity contribution in [3.8, 4) is 0 Å². The Kier molecular flexibility index (Phi) is 8.17. The molecule has 0 aliphatic heterocycles. The molecule has 0 aliphatic carbocycles. The number of allylic oxidation sites excluding steroid dienone is 2. The molecule has 0 saturated carbocycles. The third kappa shape index (κ3) is 8.26. The van der Waals surface area contributed by atoms with Crippen LogP contribution in [0.3, 0.4) is 0 Å². The van der Waals surface area contributed by atoms with Gasteiger partial charge in [0.25, 0.3) is 0 Å². The smallest absolute Gasteiger partial charge is 0.337 e. The Morgan fingerprint density at radius 2 is 1.22 bits per heavy atom. The van der Waals surface area contributed by atoms with Gasteiger partial charge < -0.3 is 18.9 Å². The molecule has 0 rings (SSSR count). The van der Waals surface area contributed by atoms with Crippen molar-refractivity contribution in [2.75, 3.05) is 27.4 Å². The summed E-state index contributed by atoms with van der Waals surface area (Å²) in [6.45, 7) is 6.61. The molecule has 0 fully saturated rings. The number of carbonyl (C=O) groups is 2. The molecule has 0 atom stereocenters. The summed E-state index contributed by atoms with van der Waals surface area (Å²) in [6, 6.07) is 0. The van der Waals surface area contributed by atoms with E-state index in [1.807, 2.05) is 0 Å². The molecule has 0 radical (unpaired) electrons. The molecule has 0 spiro atoms. The molecule has 0 aliphatic rings. The fourth-order valence-electron chi connectivity index (χ4n) is 0.841. The van der Waals surface area contributed by atoms with Gasteiger partial charge in [-0.25, -0.2) is 9.59 Å². The highest BCUT2D eigenvalue weighted by Crippen LogP contribution is 2.02. The van der Waals surface area contributed by atoms with E-state index in [4.69, 9.17) is 9.47 Å². The Balaban J connectivity index is 4.06. The predicted molar refractivity (Wildman–Crippen MR) is 63.4 cm³/mol. The van der Waals surface area contributed by atoms with E-state index in [0.717, 1.165) is 0 Å². The fraction of sp³-hybridized carbons (Fsp3) is 0.333. The van der Waals surface area contributed by atoms with E-state index in [0.29, 0.717) is 0 Å². The van der Waals surface area contributed by atoms with Crippen LogP contribution in [0.25, 0.3) is 0 Å². The van der Waals surface area contributed by atoms with Crippen LogP contribution in [0.5, 0.6) is 0 Å².